The first kappa shape index (κ1) is 26.6. The van der Waals surface area contributed by atoms with Crippen LogP contribution in [0.4, 0.5) is 14.5 Å². The van der Waals surface area contributed by atoms with Crippen molar-refractivity contribution in [2.75, 3.05) is 32.1 Å². The number of hydrogen-bond donors (Lipinski definition) is 2. The first-order chi connectivity index (χ1) is 16.6. The van der Waals surface area contributed by atoms with Crippen molar-refractivity contribution >= 4 is 23.5 Å². The van der Waals surface area contributed by atoms with Gasteiger partial charge in [-0.1, -0.05) is 11.6 Å². The van der Waals surface area contributed by atoms with E-state index in [4.69, 9.17) is 9.47 Å². The van der Waals surface area contributed by atoms with Crippen molar-refractivity contribution in [3.05, 3.63) is 33.9 Å². The molecule has 1 unspecified atom stereocenters. The molecule has 0 radical (unpaired) electrons. The van der Waals surface area contributed by atoms with Gasteiger partial charge in [0.15, 0.2) is 0 Å². The summed E-state index contributed by atoms with van der Waals surface area (Å²) in [4.78, 5) is 38.3. The number of nitrogens with one attached hydrogen (secondary N) is 1. The predicted molar refractivity (Wildman–Crippen MR) is 125 cm³/mol. The number of benzene rings is 1. The standard InChI is InChI=1S/C25H32F2N2O6/c1-14(12-16(24(31)32)8-11-29-9-4-5-10-29)6-7-17-20(28-23(30)22(26)27)19-18(13-35-25(19)33)15(2)21(17)34-3/h6,16,22H,4-5,7-13H2,1-3H3,(H,28,30)(H,31,32)/b14-6+. The largest absolute Gasteiger partial charge is 0.496 e. The number of cyclic esters (lactones) is 1. The van der Waals surface area contributed by atoms with Gasteiger partial charge < -0.3 is 24.8 Å². The Morgan fingerprint density at radius 3 is 2.57 bits per heavy atom. The first-order valence-corrected chi connectivity index (χ1v) is 11.7. The molecule has 0 saturated carbocycles. The maximum Gasteiger partial charge on any atom is 0.341 e. The quantitative estimate of drug-likeness (QED) is 0.355. The zero-order valence-electron chi connectivity index (χ0n) is 20.3. The van der Waals surface area contributed by atoms with E-state index in [0.29, 0.717) is 35.3 Å². The number of carboxylic acids is 1. The fourth-order valence-electron chi connectivity index (χ4n) is 4.77. The van der Waals surface area contributed by atoms with Crippen LogP contribution < -0.4 is 10.1 Å². The smallest absolute Gasteiger partial charge is 0.341 e. The highest BCUT2D eigenvalue weighted by atomic mass is 19.3. The molecule has 8 nitrogen and oxygen atoms in total. The lowest BCUT2D eigenvalue weighted by molar-refractivity contribution is -0.142. The molecule has 1 aromatic rings. The summed E-state index contributed by atoms with van der Waals surface area (Å²) in [5.41, 5.74) is 2.26. The van der Waals surface area contributed by atoms with Gasteiger partial charge in [0.1, 0.15) is 12.4 Å². The van der Waals surface area contributed by atoms with Crippen molar-refractivity contribution in [3.8, 4) is 5.75 Å². The van der Waals surface area contributed by atoms with Gasteiger partial charge in [0.05, 0.1) is 24.3 Å². The molecule has 3 rings (SSSR count). The van der Waals surface area contributed by atoms with E-state index in [9.17, 15) is 28.3 Å². The van der Waals surface area contributed by atoms with Crippen LogP contribution in [0.3, 0.4) is 0 Å². The third-order valence-electron chi connectivity index (χ3n) is 6.69. The lowest BCUT2D eigenvalue weighted by Gasteiger charge is -2.20. The number of alkyl halides is 2. The lowest BCUT2D eigenvalue weighted by atomic mass is 9.92. The number of fused-ring (bicyclic) bond motifs is 1. The van der Waals surface area contributed by atoms with E-state index in [2.05, 4.69) is 10.2 Å². The minimum Gasteiger partial charge on any atom is -0.496 e. The van der Waals surface area contributed by atoms with E-state index in [0.717, 1.165) is 38.0 Å². The Labute approximate surface area is 203 Å². The van der Waals surface area contributed by atoms with E-state index < -0.39 is 30.2 Å². The normalized spacial score (nSPS) is 16.9. The Morgan fingerprint density at radius 1 is 1.29 bits per heavy atom. The SMILES string of the molecule is COc1c(C)c2c(c(NC(=O)C(F)F)c1C/C=C(\C)CC(CCN1CCCC1)C(=O)O)C(=O)OC2. The van der Waals surface area contributed by atoms with Crippen molar-refractivity contribution in [3.63, 3.8) is 0 Å². The van der Waals surface area contributed by atoms with Crippen LogP contribution in [-0.4, -0.2) is 61.0 Å². The highest BCUT2D eigenvalue weighted by molar-refractivity contribution is 6.06. The van der Waals surface area contributed by atoms with E-state index in [-0.39, 0.29) is 24.3 Å². The topological polar surface area (TPSA) is 105 Å². The molecular formula is C25H32F2N2O6. The summed E-state index contributed by atoms with van der Waals surface area (Å²) in [6.45, 7) is 6.22. The number of amides is 1. The molecule has 192 valence electrons. The molecule has 1 aromatic carbocycles. The molecule has 0 bridgehead atoms. The monoisotopic (exact) mass is 494 g/mol. The van der Waals surface area contributed by atoms with Crippen LogP contribution >= 0.6 is 0 Å². The highest BCUT2D eigenvalue weighted by Gasteiger charge is 2.33. The number of hydrogen-bond acceptors (Lipinski definition) is 6. The summed E-state index contributed by atoms with van der Waals surface area (Å²) in [7, 11) is 1.42. The fourth-order valence-corrected chi connectivity index (χ4v) is 4.77. The molecule has 2 aliphatic heterocycles. The Hall–Kier alpha value is -3.01. The van der Waals surface area contributed by atoms with Crippen LogP contribution in [0.1, 0.15) is 59.7 Å². The number of carbonyl (C=O) groups excluding carboxylic acids is 2. The Bertz CT molecular complexity index is 1020. The molecule has 10 heteroatoms. The Balaban J connectivity index is 1.87. The molecule has 2 heterocycles. The number of methoxy groups -OCH3 is 1. The minimum absolute atomic E-state index is 0.0413. The number of anilines is 1. The molecular weight excluding hydrogens is 462 g/mol. The van der Waals surface area contributed by atoms with Crippen LogP contribution in [0.15, 0.2) is 11.6 Å². The molecule has 0 spiro atoms. The maximum absolute atomic E-state index is 13.0. The van der Waals surface area contributed by atoms with Crippen molar-refractivity contribution in [1.29, 1.82) is 0 Å². The van der Waals surface area contributed by atoms with Gasteiger partial charge in [-0.3, -0.25) is 9.59 Å². The number of allylic oxidation sites excluding steroid dienone is 2. The number of rotatable bonds is 11. The second kappa shape index (κ2) is 11.6. The average Bonchev–Trinajstić information content (AvgIpc) is 3.46. The van der Waals surface area contributed by atoms with Gasteiger partial charge in [-0.2, -0.15) is 8.78 Å². The fraction of sp³-hybridized carbons (Fsp3) is 0.560. The van der Waals surface area contributed by atoms with Gasteiger partial charge in [-0.05, 0) is 71.1 Å². The molecule has 1 fully saturated rings. The number of ether oxygens (including phenoxy) is 2. The van der Waals surface area contributed by atoms with Crippen LogP contribution in [0.5, 0.6) is 5.75 Å². The van der Waals surface area contributed by atoms with Gasteiger partial charge in [-0.25, -0.2) is 4.79 Å². The highest BCUT2D eigenvalue weighted by Crippen LogP contribution is 2.41. The van der Waals surface area contributed by atoms with E-state index in [1.54, 1.807) is 13.0 Å². The van der Waals surface area contributed by atoms with Gasteiger partial charge in [0.25, 0.3) is 5.91 Å². The number of carboxylic acid groups (broad SMARTS) is 1. The number of aliphatic carboxylic acids is 1. The second-order valence-electron chi connectivity index (χ2n) is 9.06. The van der Waals surface area contributed by atoms with E-state index in [1.807, 2.05) is 6.92 Å². The number of esters is 1. The molecule has 2 aliphatic rings. The van der Waals surface area contributed by atoms with Crippen molar-refractivity contribution in [1.82, 2.24) is 4.90 Å². The van der Waals surface area contributed by atoms with Crippen LogP contribution in [0.25, 0.3) is 0 Å². The molecule has 0 aromatic heterocycles. The van der Waals surface area contributed by atoms with Gasteiger partial charge in [0.2, 0.25) is 0 Å². The maximum atomic E-state index is 13.0. The molecule has 35 heavy (non-hydrogen) atoms. The van der Waals surface area contributed by atoms with Crippen LogP contribution in [0.2, 0.25) is 0 Å². The molecule has 0 aliphatic carbocycles. The number of likely N-dealkylation sites (tertiary alicyclic amines) is 1. The zero-order valence-corrected chi connectivity index (χ0v) is 20.3. The lowest BCUT2D eigenvalue weighted by Crippen LogP contribution is -2.25. The molecule has 1 amide bonds. The zero-order chi connectivity index (χ0) is 25.7. The predicted octanol–water partition coefficient (Wildman–Crippen LogP) is 3.94. The molecule has 1 atom stereocenters. The van der Waals surface area contributed by atoms with Crippen LogP contribution in [-0.2, 0) is 27.4 Å². The third-order valence-corrected chi connectivity index (χ3v) is 6.69. The number of halogens is 2. The van der Waals surface area contributed by atoms with Crippen molar-refractivity contribution in [2.24, 2.45) is 5.92 Å². The van der Waals surface area contributed by atoms with Gasteiger partial charge in [-0.15, -0.1) is 0 Å². The summed E-state index contributed by atoms with van der Waals surface area (Å²) in [6, 6.07) is 0. The molecule has 2 N–H and O–H groups in total. The summed E-state index contributed by atoms with van der Waals surface area (Å²) < 4.78 is 36.7. The minimum atomic E-state index is -3.27. The average molecular weight is 495 g/mol. The van der Waals surface area contributed by atoms with Gasteiger partial charge >= 0.3 is 18.4 Å². The molecule has 1 saturated heterocycles. The third kappa shape index (κ3) is 6.17. The Morgan fingerprint density at radius 2 is 1.97 bits per heavy atom. The van der Waals surface area contributed by atoms with Crippen LogP contribution in [0, 0.1) is 12.8 Å². The van der Waals surface area contributed by atoms with Crippen molar-refractivity contribution in [2.45, 2.75) is 59.0 Å². The van der Waals surface area contributed by atoms with E-state index in [1.165, 1.54) is 7.11 Å². The second-order valence-corrected chi connectivity index (χ2v) is 9.06. The number of carbonyl (C=O) groups is 3. The summed E-state index contributed by atoms with van der Waals surface area (Å²) in [6.07, 6.45) is 1.79. The first-order valence-electron chi connectivity index (χ1n) is 11.7. The number of nitrogens with zero attached hydrogens (tertiary/aromatic N) is 1. The van der Waals surface area contributed by atoms with Crippen molar-refractivity contribution < 1.29 is 37.7 Å². The summed E-state index contributed by atoms with van der Waals surface area (Å²) >= 11 is 0. The van der Waals surface area contributed by atoms with Gasteiger partial charge in [0, 0.05) is 11.1 Å². The van der Waals surface area contributed by atoms with E-state index >= 15 is 0 Å². The summed E-state index contributed by atoms with van der Waals surface area (Å²) in [5, 5.41) is 11.9. The summed E-state index contributed by atoms with van der Waals surface area (Å²) in [5.74, 6) is -3.30. The Kier molecular flexibility index (Phi) is 8.82.